The minimum atomic E-state index is -0.125. The molecule has 2 aromatic carbocycles. The molecule has 0 saturated heterocycles. The van der Waals surface area contributed by atoms with Crippen LogP contribution < -0.4 is 5.32 Å². The van der Waals surface area contributed by atoms with Crippen LogP contribution in [-0.4, -0.2) is 16.1 Å². The number of anilines is 1. The molecule has 1 N–H and O–H groups in total. The van der Waals surface area contributed by atoms with Gasteiger partial charge < -0.3 is 9.73 Å². The summed E-state index contributed by atoms with van der Waals surface area (Å²) >= 11 is 6.05. The predicted octanol–water partition coefficient (Wildman–Crippen LogP) is 4.27. The van der Waals surface area contributed by atoms with Crippen LogP contribution >= 0.6 is 11.6 Å². The quantitative estimate of drug-likeness (QED) is 0.752. The van der Waals surface area contributed by atoms with Crippen molar-refractivity contribution < 1.29 is 9.21 Å². The zero-order valence-corrected chi connectivity index (χ0v) is 13.9. The van der Waals surface area contributed by atoms with Crippen molar-refractivity contribution in [3.63, 3.8) is 0 Å². The van der Waals surface area contributed by atoms with Gasteiger partial charge in [-0.3, -0.25) is 4.79 Å². The molecular weight excluding hydrogens is 326 g/mol. The Balaban J connectivity index is 1.59. The fraction of sp³-hybridized carbons (Fsp3) is 0.167. The van der Waals surface area contributed by atoms with Gasteiger partial charge in [-0.05, 0) is 36.8 Å². The number of benzene rings is 2. The van der Waals surface area contributed by atoms with Crippen molar-refractivity contribution in [2.24, 2.45) is 0 Å². The van der Waals surface area contributed by atoms with Crippen LogP contribution in [0, 0.1) is 6.92 Å². The second-order valence-corrected chi connectivity index (χ2v) is 5.73. The summed E-state index contributed by atoms with van der Waals surface area (Å²) in [7, 11) is 0. The lowest BCUT2D eigenvalue weighted by atomic mass is 10.2. The maximum Gasteiger partial charge on any atom is 0.247 e. The molecular formula is C18H16ClN3O2. The number of halogens is 1. The third-order valence-corrected chi connectivity index (χ3v) is 4.00. The molecule has 1 heterocycles. The van der Waals surface area contributed by atoms with E-state index in [1.807, 2.05) is 43.3 Å². The largest absolute Gasteiger partial charge is 0.421 e. The number of nitrogens with zero attached hydrogens (tertiary/aromatic N) is 2. The Labute approximate surface area is 144 Å². The highest BCUT2D eigenvalue weighted by atomic mass is 35.5. The average Bonchev–Trinajstić information content (AvgIpc) is 3.07. The van der Waals surface area contributed by atoms with E-state index in [2.05, 4.69) is 15.5 Å². The summed E-state index contributed by atoms with van der Waals surface area (Å²) in [5.74, 6) is 0.767. The van der Waals surface area contributed by atoms with Gasteiger partial charge in [0.05, 0.1) is 0 Å². The number of hydrogen-bond donors (Lipinski definition) is 1. The Hall–Kier alpha value is -2.66. The molecule has 0 aliphatic heterocycles. The molecule has 0 bridgehead atoms. The van der Waals surface area contributed by atoms with Gasteiger partial charge in [0.2, 0.25) is 17.7 Å². The first-order chi connectivity index (χ1) is 11.6. The summed E-state index contributed by atoms with van der Waals surface area (Å²) in [6.07, 6.45) is 0.633. The Bertz CT molecular complexity index is 846. The van der Waals surface area contributed by atoms with Crippen molar-refractivity contribution in [1.82, 2.24) is 10.2 Å². The maximum absolute atomic E-state index is 12.1. The first kappa shape index (κ1) is 16.2. The molecule has 3 rings (SSSR count). The van der Waals surface area contributed by atoms with Crippen LogP contribution in [0.2, 0.25) is 5.02 Å². The van der Waals surface area contributed by atoms with Gasteiger partial charge in [-0.15, -0.1) is 10.2 Å². The summed E-state index contributed by atoms with van der Waals surface area (Å²) in [6, 6.07) is 14.9. The maximum atomic E-state index is 12.1. The zero-order valence-electron chi connectivity index (χ0n) is 13.1. The van der Waals surface area contributed by atoms with E-state index in [4.69, 9.17) is 16.0 Å². The molecule has 5 nitrogen and oxygen atoms in total. The molecule has 0 aliphatic rings. The minimum absolute atomic E-state index is 0.125. The standard InChI is InChI=1S/C18H16ClN3O2/c1-12-14(19)8-5-9-15(12)20-16(23)10-11-17-21-22-18(24-17)13-6-3-2-4-7-13/h2-9H,10-11H2,1H3,(H,20,23). The van der Waals surface area contributed by atoms with Crippen molar-refractivity contribution in [2.45, 2.75) is 19.8 Å². The minimum Gasteiger partial charge on any atom is -0.421 e. The van der Waals surface area contributed by atoms with E-state index in [0.29, 0.717) is 28.9 Å². The van der Waals surface area contributed by atoms with Gasteiger partial charge in [-0.2, -0.15) is 0 Å². The molecule has 0 radical (unpaired) electrons. The number of carbonyl (C=O) groups is 1. The molecule has 1 aromatic heterocycles. The number of aryl methyl sites for hydroxylation is 1. The normalized spacial score (nSPS) is 10.6. The molecule has 122 valence electrons. The van der Waals surface area contributed by atoms with Gasteiger partial charge in [0.25, 0.3) is 0 Å². The lowest BCUT2D eigenvalue weighted by Gasteiger charge is -2.08. The monoisotopic (exact) mass is 341 g/mol. The smallest absolute Gasteiger partial charge is 0.247 e. The fourth-order valence-corrected chi connectivity index (χ4v) is 2.40. The lowest BCUT2D eigenvalue weighted by Crippen LogP contribution is -2.13. The molecule has 6 heteroatoms. The number of nitrogens with one attached hydrogen (secondary N) is 1. The van der Waals surface area contributed by atoms with Crippen LogP contribution in [0.15, 0.2) is 52.9 Å². The second-order valence-electron chi connectivity index (χ2n) is 5.33. The molecule has 1 amide bonds. The molecule has 0 aliphatic carbocycles. The van der Waals surface area contributed by atoms with E-state index in [1.165, 1.54) is 0 Å². The van der Waals surface area contributed by atoms with Crippen LogP contribution in [0.3, 0.4) is 0 Å². The number of amides is 1. The van der Waals surface area contributed by atoms with Gasteiger partial charge in [-0.1, -0.05) is 35.9 Å². The fourth-order valence-electron chi connectivity index (χ4n) is 2.23. The summed E-state index contributed by atoms with van der Waals surface area (Å²) < 4.78 is 5.59. The van der Waals surface area contributed by atoms with Crippen molar-refractivity contribution >= 4 is 23.2 Å². The van der Waals surface area contributed by atoms with Crippen LogP contribution in [-0.2, 0) is 11.2 Å². The van der Waals surface area contributed by atoms with Crippen LogP contribution in [0.4, 0.5) is 5.69 Å². The van der Waals surface area contributed by atoms with Crippen LogP contribution in [0.1, 0.15) is 17.9 Å². The number of hydrogen-bond acceptors (Lipinski definition) is 4. The van der Waals surface area contributed by atoms with E-state index in [0.717, 1.165) is 11.1 Å². The van der Waals surface area contributed by atoms with Crippen molar-refractivity contribution in [3.05, 3.63) is 65.0 Å². The van der Waals surface area contributed by atoms with Gasteiger partial charge in [0.1, 0.15) is 0 Å². The predicted molar refractivity (Wildman–Crippen MR) is 92.9 cm³/mol. The lowest BCUT2D eigenvalue weighted by molar-refractivity contribution is -0.116. The van der Waals surface area contributed by atoms with Gasteiger partial charge in [-0.25, -0.2) is 0 Å². The third-order valence-electron chi connectivity index (χ3n) is 3.60. The highest BCUT2D eigenvalue weighted by Gasteiger charge is 2.11. The van der Waals surface area contributed by atoms with Crippen LogP contribution in [0.25, 0.3) is 11.5 Å². The zero-order chi connectivity index (χ0) is 16.9. The Kier molecular flexibility index (Phi) is 4.91. The Morgan fingerprint density at radius 2 is 1.92 bits per heavy atom. The first-order valence-electron chi connectivity index (χ1n) is 7.56. The topological polar surface area (TPSA) is 68.0 Å². The summed E-state index contributed by atoms with van der Waals surface area (Å²) in [5.41, 5.74) is 2.41. The summed E-state index contributed by atoms with van der Waals surface area (Å²) in [5, 5.41) is 11.5. The Morgan fingerprint density at radius 3 is 2.71 bits per heavy atom. The highest BCUT2D eigenvalue weighted by Crippen LogP contribution is 2.23. The Morgan fingerprint density at radius 1 is 1.12 bits per heavy atom. The SMILES string of the molecule is Cc1c(Cl)cccc1NC(=O)CCc1nnc(-c2ccccc2)o1. The number of rotatable bonds is 5. The molecule has 0 spiro atoms. The van der Waals surface area contributed by atoms with E-state index in [1.54, 1.807) is 12.1 Å². The van der Waals surface area contributed by atoms with Gasteiger partial charge in [0.15, 0.2) is 0 Å². The first-order valence-corrected chi connectivity index (χ1v) is 7.94. The van der Waals surface area contributed by atoms with Gasteiger partial charge in [0, 0.05) is 29.1 Å². The van der Waals surface area contributed by atoms with Crippen molar-refractivity contribution in [1.29, 1.82) is 0 Å². The van der Waals surface area contributed by atoms with Gasteiger partial charge >= 0.3 is 0 Å². The molecule has 0 saturated carbocycles. The second kappa shape index (κ2) is 7.27. The molecule has 0 unspecified atom stereocenters. The molecule has 0 fully saturated rings. The summed E-state index contributed by atoms with van der Waals surface area (Å²) in [4.78, 5) is 12.1. The highest BCUT2D eigenvalue weighted by molar-refractivity contribution is 6.31. The molecule has 24 heavy (non-hydrogen) atoms. The van der Waals surface area contributed by atoms with E-state index < -0.39 is 0 Å². The average molecular weight is 342 g/mol. The molecule has 0 atom stereocenters. The van der Waals surface area contributed by atoms with E-state index in [-0.39, 0.29) is 12.3 Å². The van der Waals surface area contributed by atoms with Crippen molar-refractivity contribution in [2.75, 3.05) is 5.32 Å². The van der Waals surface area contributed by atoms with Crippen molar-refractivity contribution in [3.8, 4) is 11.5 Å². The molecule has 3 aromatic rings. The third kappa shape index (κ3) is 3.81. The van der Waals surface area contributed by atoms with E-state index >= 15 is 0 Å². The summed E-state index contributed by atoms with van der Waals surface area (Å²) in [6.45, 7) is 1.86. The van der Waals surface area contributed by atoms with Crippen LogP contribution in [0.5, 0.6) is 0 Å². The van der Waals surface area contributed by atoms with E-state index in [9.17, 15) is 4.79 Å². The number of aromatic nitrogens is 2. The number of carbonyl (C=O) groups excluding carboxylic acids is 1.